The van der Waals surface area contributed by atoms with Crippen LogP contribution in [0.15, 0.2) is 29.3 Å². The smallest absolute Gasteiger partial charge is 0.188 e. The summed E-state index contributed by atoms with van der Waals surface area (Å²) in [5, 5.41) is 3.02. The van der Waals surface area contributed by atoms with Gasteiger partial charge in [-0.1, -0.05) is 38.1 Å². The number of ether oxygens (including phenoxy) is 1. The van der Waals surface area contributed by atoms with E-state index in [0.29, 0.717) is 25.7 Å². The number of hydrogen-bond donors (Lipinski definition) is 2. The van der Waals surface area contributed by atoms with Crippen LogP contribution in [0.3, 0.4) is 0 Å². The third-order valence-corrected chi connectivity index (χ3v) is 4.42. The second-order valence-electron chi connectivity index (χ2n) is 7.08. The molecule has 1 aliphatic rings. The van der Waals surface area contributed by atoms with Gasteiger partial charge in [0.25, 0.3) is 0 Å². The first-order valence-electron chi connectivity index (χ1n) is 8.89. The fraction of sp³-hybridized carbons (Fsp3) is 0.632. The minimum absolute atomic E-state index is 0. The van der Waals surface area contributed by atoms with E-state index in [2.05, 4.69) is 53.3 Å². The number of methoxy groups -OCH3 is 1. The first-order valence-corrected chi connectivity index (χ1v) is 8.89. The number of nitrogens with zero attached hydrogens (tertiary/aromatic N) is 2. The van der Waals surface area contributed by atoms with Crippen LogP contribution in [0.5, 0.6) is 0 Å². The van der Waals surface area contributed by atoms with Crippen molar-refractivity contribution in [3.63, 3.8) is 0 Å². The number of benzene rings is 1. The normalized spacial score (nSPS) is 21.6. The molecule has 1 saturated heterocycles. The number of nitrogens with one attached hydrogen (secondary N) is 1. The quantitative estimate of drug-likeness (QED) is 0.284. The third kappa shape index (κ3) is 8.37. The molecule has 0 radical (unpaired) electrons. The minimum Gasteiger partial charge on any atom is -0.383 e. The number of rotatable bonds is 7. The Labute approximate surface area is 169 Å². The molecule has 0 bridgehead atoms. The fourth-order valence-corrected chi connectivity index (χ4v) is 3.44. The summed E-state index contributed by atoms with van der Waals surface area (Å²) < 4.78 is 4.97. The zero-order valence-electron chi connectivity index (χ0n) is 15.7. The first-order chi connectivity index (χ1) is 11.6. The number of guanidine groups is 1. The maximum atomic E-state index is 5.82. The molecule has 3 N–H and O–H groups in total. The lowest BCUT2D eigenvalue weighted by Gasteiger charge is -2.35. The maximum absolute atomic E-state index is 5.82. The summed E-state index contributed by atoms with van der Waals surface area (Å²) in [5.41, 5.74) is 8.37. The number of hydrogen-bond acceptors (Lipinski definition) is 3. The van der Waals surface area contributed by atoms with Crippen LogP contribution in [0.2, 0.25) is 0 Å². The lowest BCUT2D eigenvalue weighted by molar-refractivity contribution is 0.134. The minimum atomic E-state index is 0. The highest BCUT2D eigenvalue weighted by Gasteiger charge is 2.21. The van der Waals surface area contributed by atoms with Gasteiger partial charge >= 0.3 is 0 Å². The van der Waals surface area contributed by atoms with Crippen molar-refractivity contribution in [1.29, 1.82) is 0 Å². The predicted molar refractivity (Wildman–Crippen MR) is 115 cm³/mol. The predicted octanol–water partition coefficient (Wildman–Crippen LogP) is 2.83. The van der Waals surface area contributed by atoms with Gasteiger partial charge in [-0.25, -0.2) is 4.99 Å². The van der Waals surface area contributed by atoms with Gasteiger partial charge in [0.1, 0.15) is 0 Å². The molecule has 0 amide bonds. The van der Waals surface area contributed by atoms with Crippen molar-refractivity contribution >= 4 is 29.9 Å². The summed E-state index contributed by atoms with van der Waals surface area (Å²) in [5.74, 6) is 2.07. The summed E-state index contributed by atoms with van der Waals surface area (Å²) in [7, 11) is 1.67. The Hall–Kier alpha value is -0.860. The van der Waals surface area contributed by atoms with Crippen molar-refractivity contribution in [2.75, 3.05) is 33.4 Å². The average molecular weight is 460 g/mol. The van der Waals surface area contributed by atoms with Gasteiger partial charge in [0.2, 0.25) is 0 Å². The van der Waals surface area contributed by atoms with E-state index >= 15 is 0 Å². The summed E-state index contributed by atoms with van der Waals surface area (Å²) in [6.07, 6.45) is 1.35. The van der Waals surface area contributed by atoms with E-state index in [9.17, 15) is 0 Å². The Balaban J connectivity index is 0.00000312. The summed E-state index contributed by atoms with van der Waals surface area (Å²) in [6, 6.07) is 8.73. The van der Waals surface area contributed by atoms with Gasteiger partial charge in [-0.15, -0.1) is 24.0 Å². The molecule has 25 heavy (non-hydrogen) atoms. The Morgan fingerprint density at radius 1 is 1.20 bits per heavy atom. The number of likely N-dealkylation sites (tertiary alicyclic amines) is 1. The van der Waals surface area contributed by atoms with Crippen molar-refractivity contribution < 1.29 is 4.74 Å². The highest BCUT2D eigenvalue weighted by atomic mass is 127. The summed E-state index contributed by atoms with van der Waals surface area (Å²) in [4.78, 5) is 6.92. The second-order valence-corrected chi connectivity index (χ2v) is 7.08. The lowest BCUT2D eigenvalue weighted by Crippen LogP contribution is -2.38. The zero-order chi connectivity index (χ0) is 17.4. The number of nitrogens with two attached hydrogens (primary N) is 1. The molecule has 2 atom stereocenters. The fourth-order valence-electron chi connectivity index (χ4n) is 3.44. The molecule has 142 valence electrons. The average Bonchev–Trinajstić information content (AvgIpc) is 2.53. The van der Waals surface area contributed by atoms with Crippen LogP contribution in [-0.2, 0) is 17.8 Å². The molecule has 1 aliphatic heterocycles. The Morgan fingerprint density at radius 3 is 2.40 bits per heavy atom. The Morgan fingerprint density at radius 2 is 1.80 bits per heavy atom. The molecule has 0 saturated carbocycles. The van der Waals surface area contributed by atoms with Gasteiger partial charge in [0.05, 0.1) is 13.2 Å². The largest absolute Gasteiger partial charge is 0.383 e. The summed E-state index contributed by atoms with van der Waals surface area (Å²) in [6.45, 7) is 10.1. The van der Waals surface area contributed by atoms with Gasteiger partial charge in [-0.3, -0.25) is 4.90 Å². The van der Waals surface area contributed by atoms with E-state index in [4.69, 9.17) is 10.5 Å². The van der Waals surface area contributed by atoms with Crippen LogP contribution in [0, 0.1) is 11.8 Å². The number of aliphatic imine (C=N–C) groups is 1. The van der Waals surface area contributed by atoms with Gasteiger partial charge in [0, 0.05) is 33.3 Å². The molecule has 6 heteroatoms. The standard InChI is InChI=1S/C19H32N4O.HI/c1-15-10-16(2)13-23(12-15)14-18-6-4-17(5-7-18)11-22-19(20)21-8-9-24-3;/h4-7,15-16H,8-14H2,1-3H3,(H3,20,21,22);1H. The second kappa shape index (κ2) is 11.7. The molecule has 1 heterocycles. The van der Waals surface area contributed by atoms with Gasteiger partial charge in [-0.05, 0) is 29.4 Å². The molecular formula is C19H33IN4O. The molecular weight excluding hydrogens is 427 g/mol. The van der Waals surface area contributed by atoms with Crippen LogP contribution < -0.4 is 11.1 Å². The van der Waals surface area contributed by atoms with E-state index in [0.717, 1.165) is 18.4 Å². The molecule has 0 aromatic heterocycles. The highest BCUT2D eigenvalue weighted by Crippen LogP contribution is 2.22. The monoisotopic (exact) mass is 460 g/mol. The van der Waals surface area contributed by atoms with Crippen molar-refractivity contribution in [3.05, 3.63) is 35.4 Å². The van der Waals surface area contributed by atoms with E-state index in [1.165, 1.54) is 30.6 Å². The van der Waals surface area contributed by atoms with Crippen LogP contribution in [0.25, 0.3) is 0 Å². The van der Waals surface area contributed by atoms with E-state index in [1.54, 1.807) is 7.11 Å². The Bertz CT molecular complexity index is 511. The van der Waals surface area contributed by atoms with Gasteiger partial charge < -0.3 is 15.8 Å². The van der Waals surface area contributed by atoms with Crippen molar-refractivity contribution in [3.8, 4) is 0 Å². The van der Waals surface area contributed by atoms with Crippen molar-refractivity contribution in [1.82, 2.24) is 10.2 Å². The van der Waals surface area contributed by atoms with Gasteiger partial charge in [0.15, 0.2) is 5.96 Å². The number of piperidine rings is 1. The van der Waals surface area contributed by atoms with Crippen molar-refractivity contribution in [2.24, 2.45) is 22.6 Å². The molecule has 1 aromatic carbocycles. The van der Waals surface area contributed by atoms with Crippen LogP contribution >= 0.6 is 24.0 Å². The van der Waals surface area contributed by atoms with Crippen molar-refractivity contribution in [2.45, 2.75) is 33.4 Å². The molecule has 5 nitrogen and oxygen atoms in total. The third-order valence-electron chi connectivity index (χ3n) is 4.42. The summed E-state index contributed by atoms with van der Waals surface area (Å²) >= 11 is 0. The number of halogens is 1. The Kier molecular flexibility index (Phi) is 10.4. The van der Waals surface area contributed by atoms with E-state index < -0.39 is 0 Å². The highest BCUT2D eigenvalue weighted by molar-refractivity contribution is 14.0. The molecule has 1 fully saturated rings. The topological polar surface area (TPSA) is 62.9 Å². The maximum Gasteiger partial charge on any atom is 0.188 e. The molecule has 0 aliphatic carbocycles. The first kappa shape index (κ1) is 22.2. The molecule has 2 unspecified atom stereocenters. The molecule has 0 spiro atoms. The SMILES string of the molecule is COCCNC(N)=NCc1ccc(CN2CC(C)CC(C)C2)cc1.I. The van der Waals surface area contributed by atoms with E-state index in [-0.39, 0.29) is 24.0 Å². The molecule has 1 aromatic rings. The molecule has 2 rings (SSSR count). The van der Waals surface area contributed by atoms with Gasteiger partial charge in [-0.2, -0.15) is 0 Å². The van der Waals surface area contributed by atoms with Crippen LogP contribution in [0.1, 0.15) is 31.4 Å². The lowest BCUT2D eigenvalue weighted by atomic mass is 9.91. The van der Waals surface area contributed by atoms with Crippen LogP contribution in [-0.4, -0.2) is 44.2 Å². The van der Waals surface area contributed by atoms with E-state index in [1.807, 2.05) is 0 Å². The van der Waals surface area contributed by atoms with Crippen LogP contribution in [0.4, 0.5) is 0 Å². The zero-order valence-corrected chi connectivity index (χ0v) is 18.0.